The lowest BCUT2D eigenvalue weighted by Gasteiger charge is -2.17. The highest BCUT2D eigenvalue weighted by Gasteiger charge is 2.04. The summed E-state index contributed by atoms with van der Waals surface area (Å²) in [5.41, 5.74) is 0. The molecule has 0 bridgehead atoms. The lowest BCUT2D eigenvalue weighted by molar-refractivity contribution is -0.143. The van der Waals surface area contributed by atoms with Crippen LogP contribution in [-0.4, -0.2) is 37.1 Å². The van der Waals surface area contributed by atoms with Gasteiger partial charge in [-0.3, -0.25) is 4.79 Å². The average molecular weight is 314 g/mol. The molecule has 0 aliphatic rings. The summed E-state index contributed by atoms with van der Waals surface area (Å²) in [6, 6.07) is 0. The Labute approximate surface area is 138 Å². The predicted molar refractivity (Wildman–Crippen MR) is 95.2 cm³/mol. The second-order valence-corrected chi connectivity index (χ2v) is 6.18. The van der Waals surface area contributed by atoms with Crippen molar-refractivity contribution in [3.05, 3.63) is 0 Å². The van der Waals surface area contributed by atoms with E-state index >= 15 is 0 Å². The molecule has 0 radical (unpaired) electrons. The fourth-order valence-corrected chi connectivity index (χ4v) is 2.64. The number of hydrogen-bond donors (Lipinski definition) is 0. The Morgan fingerprint density at radius 1 is 0.773 bits per heavy atom. The van der Waals surface area contributed by atoms with Crippen molar-refractivity contribution in [2.75, 3.05) is 26.2 Å². The van der Waals surface area contributed by atoms with Gasteiger partial charge in [-0.1, -0.05) is 65.7 Å². The Morgan fingerprint density at radius 3 is 1.95 bits per heavy atom. The van der Waals surface area contributed by atoms with E-state index in [0.29, 0.717) is 13.0 Å². The normalized spacial score (nSPS) is 11.1. The van der Waals surface area contributed by atoms with Crippen LogP contribution >= 0.6 is 0 Å². The van der Waals surface area contributed by atoms with Crippen molar-refractivity contribution in [1.29, 1.82) is 0 Å². The topological polar surface area (TPSA) is 29.5 Å². The molecule has 0 atom stereocenters. The number of unbranched alkanes of at least 4 members (excludes halogenated alkanes) is 8. The zero-order valence-electron chi connectivity index (χ0n) is 15.4. The van der Waals surface area contributed by atoms with Gasteiger partial charge in [0.1, 0.15) is 0 Å². The van der Waals surface area contributed by atoms with Gasteiger partial charge < -0.3 is 9.64 Å². The van der Waals surface area contributed by atoms with Gasteiger partial charge in [0.05, 0.1) is 6.61 Å². The van der Waals surface area contributed by atoms with Crippen molar-refractivity contribution in [2.24, 2.45) is 0 Å². The molecule has 22 heavy (non-hydrogen) atoms. The molecule has 0 unspecified atom stereocenters. The molecule has 132 valence electrons. The van der Waals surface area contributed by atoms with E-state index < -0.39 is 0 Å². The number of rotatable bonds is 16. The van der Waals surface area contributed by atoms with Crippen molar-refractivity contribution in [3.63, 3.8) is 0 Å². The van der Waals surface area contributed by atoms with E-state index in [1.165, 1.54) is 44.9 Å². The highest BCUT2D eigenvalue weighted by molar-refractivity contribution is 5.69. The third-order valence-corrected chi connectivity index (χ3v) is 4.26. The van der Waals surface area contributed by atoms with Gasteiger partial charge in [-0.25, -0.2) is 0 Å². The fraction of sp³-hybridized carbons (Fsp3) is 0.947. The maximum absolute atomic E-state index is 11.6. The number of hydrogen-bond acceptors (Lipinski definition) is 3. The molecule has 0 aromatic rings. The first kappa shape index (κ1) is 21.4. The van der Waals surface area contributed by atoms with E-state index in [1.807, 2.05) is 0 Å². The first-order valence-corrected chi connectivity index (χ1v) is 9.62. The molecular weight excluding hydrogens is 274 g/mol. The van der Waals surface area contributed by atoms with Gasteiger partial charge in [0, 0.05) is 6.42 Å². The second kappa shape index (κ2) is 16.8. The Hall–Kier alpha value is -0.570. The smallest absolute Gasteiger partial charge is 0.305 e. The number of carbonyl (C=O) groups is 1. The molecule has 0 fully saturated rings. The van der Waals surface area contributed by atoms with Crippen molar-refractivity contribution in [3.8, 4) is 0 Å². The van der Waals surface area contributed by atoms with Gasteiger partial charge in [0.25, 0.3) is 0 Å². The molecule has 0 saturated carbocycles. The van der Waals surface area contributed by atoms with Crippen LogP contribution in [0.4, 0.5) is 0 Å². The standard InChI is InChI=1S/C19H39NO2/c1-4-7-8-9-10-11-12-15-18-22-19(21)16-13-14-17-20(5-2)6-3/h4-18H2,1-3H3. The summed E-state index contributed by atoms with van der Waals surface area (Å²) >= 11 is 0. The summed E-state index contributed by atoms with van der Waals surface area (Å²) in [5, 5.41) is 0. The molecule has 0 aromatic heterocycles. The van der Waals surface area contributed by atoms with Gasteiger partial charge in [-0.2, -0.15) is 0 Å². The SMILES string of the molecule is CCCCCCCCCCOC(=O)CCCCN(CC)CC. The van der Waals surface area contributed by atoms with E-state index in [4.69, 9.17) is 4.74 Å². The van der Waals surface area contributed by atoms with Gasteiger partial charge >= 0.3 is 5.97 Å². The summed E-state index contributed by atoms with van der Waals surface area (Å²) in [6.07, 6.45) is 12.9. The quantitative estimate of drug-likeness (QED) is 0.290. The third-order valence-electron chi connectivity index (χ3n) is 4.26. The van der Waals surface area contributed by atoms with Gasteiger partial charge in [-0.05, 0) is 38.9 Å². The lowest BCUT2D eigenvalue weighted by Crippen LogP contribution is -2.24. The molecule has 3 heteroatoms. The molecule has 0 amide bonds. The Morgan fingerprint density at radius 2 is 1.36 bits per heavy atom. The molecule has 0 heterocycles. The lowest BCUT2D eigenvalue weighted by atomic mass is 10.1. The largest absolute Gasteiger partial charge is 0.466 e. The van der Waals surface area contributed by atoms with Crippen molar-refractivity contribution >= 4 is 5.97 Å². The Bertz CT molecular complexity index is 240. The van der Waals surface area contributed by atoms with Crippen LogP contribution in [0, 0.1) is 0 Å². The van der Waals surface area contributed by atoms with Crippen LogP contribution in [0.3, 0.4) is 0 Å². The maximum atomic E-state index is 11.6. The minimum absolute atomic E-state index is 0.0116. The maximum Gasteiger partial charge on any atom is 0.305 e. The molecule has 0 aromatic carbocycles. The van der Waals surface area contributed by atoms with Gasteiger partial charge in [0.15, 0.2) is 0 Å². The van der Waals surface area contributed by atoms with Crippen molar-refractivity contribution < 1.29 is 9.53 Å². The van der Waals surface area contributed by atoms with Crippen LogP contribution in [0.25, 0.3) is 0 Å². The van der Waals surface area contributed by atoms with Crippen LogP contribution < -0.4 is 0 Å². The van der Waals surface area contributed by atoms with E-state index in [9.17, 15) is 4.79 Å². The summed E-state index contributed by atoms with van der Waals surface area (Å²) in [5.74, 6) is -0.0116. The van der Waals surface area contributed by atoms with Gasteiger partial charge in [0.2, 0.25) is 0 Å². The average Bonchev–Trinajstić information content (AvgIpc) is 2.53. The van der Waals surface area contributed by atoms with E-state index in [-0.39, 0.29) is 5.97 Å². The molecule has 0 saturated heterocycles. The zero-order chi connectivity index (χ0) is 16.5. The first-order valence-electron chi connectivity index (χ1n) is 9.62. The summed E-state index contributed by atoms with van der Waals surface area (Å²) < 4.78 is 5.29. The highest BCUT2D eigenvalue weighted by Crippen LogP contribution is 2.08. The third kappa shape index (κ3) is 14.4. The van der Waals surface area contributed by atoms with Crippen LogP contribution in [0.1, 0.15) is 91.4 Å². The Balaban J connectivity index is 3.26. The summed E-state index contributed by atoms with van der Waals surface area (Å²) in [7, 11) is 0. The molecule has 0 aliphatic carbocycles. The minimum Gasteiger partial charge on any atom is -0.466 e. The van der Waals surface area contributed by atoms with Gasteiger partial charge in [-0.15, -0.1) is 0 Å². The number of ether oxygens (including phenoxy) is 1. The Kier molecular flexibility index (Phi) is 16.4. The first-order chi connectivity index (χ1) is 10.7. The number of nitrogens with zero attached hydrogens (tertiary/aromatic N) is 1. The molecule has 0 aliphatic heterocycles. The van der Waals surface area contributed by atoms with Crippen LogP contribution in [0.5, 0.6) is 0 Å². The molecule has 0 N–H and O–H groups in total. The van der Waals surface area contributed by atoms with Crippen molar-refractivity contribution in [1.82, 2.24) is 4.90 Å². The predicted octanol–water partition coefficient (Wildman–Crippen LogP) is 5.18. The zero-order valence-corrected chi connectivity index (χ0v) is 15.4. The molecule has 0 rings (SSSR count). The number of esters is 1. The summed E-state index contributed by atoms with van der Waals surface area (Å²) in [6.45, 7) is 10.5. The number of carbonyl (C=O) groups excluding carboxylic acids is 1. The van der Waals surface area contributed by atoms with Crippen LogP contribution in [-0.2, 0) is 9.53 Å². The van der Waals surface area contributed by atoms with E-state index in [1.54, 1.807) is 0 Å². The fourth-order valence-electron chi connectivity index (χ4n) is 2.64. The van der Waals surface area contributed by atoms with E-state index in [0.717, 1.165) is 38.9 Å². The second-order valence-electron chi connectivity index (χ2n) is 6.18. The van der Waals surface area contributed by atoms with Crippen molar-refractivity contribution in [2.45, 2.75) is 91.4 Å². The highest BCUT2D eigenvalue weighted by atomic mass is 16.5. The van der Waals surface area contributed by atoms with Crippen LogP contribution in [0.2, 0.25) is 0 Å². The molecular formula is C19H39NO2. The molecule has 3 nitrogen and oxygen atoms in total. The summed E-state index contributed by atoms with van der Waals surface area (Å²) in [4.78, 5) is 14.0. The monoisotopic (exact) mass is 313 g/mol. The van der Waals surface area contributed by atoms with Crippen LogP contribution in [0.15, 0.2) is 0 Å². The minimum atomic E-state index is -0.0116. The van der Waals surface area contributed by atoms with E-state index in [2.05, 4.69) is 25.7 Å². The molecule has 0 spiro atoms.